The van der Waals surface area contributed by atoms with E-state index < -0.39 is 6.10 Å². The molecule has 1 aromatic carbocycles. The number of hydrogen-bond donors (Lipinski definition) is 1. The molecule has 16 heavy (non-hydrogen) atoms. The van der Waals surface area contributed by atoms with Crippen molar-refractivity contribution in [1.82, 2.24) is 0 Å². The Labute approximate surface area is 112 Å². The van der Waals surface area contributed by atoms with Crippen LogP contribution in [0.25, 0.3) is 0 Å². The first-order chi connectivity index (χ1) is 7.52. The zero-order valence-corrected chi connectivity index (χ0v) is 12.5. The maximum absolute atomic E-state index is 13.9. The van der Waals surface area contributed by atoms with E-state index in [4.69, 9.17) is 0 Å². The van der Waals surface area contributed by atoms with E-state index in [2.05, 4.69) is 31.9 Å². The normalized spacial score (nSPS) is 13.2. The molecule has 0 amide bonds. The van der Waals surface area contributed by atoms with Crippen molar-refractivity contribution in [3.63, 3.8) is 0 Å². The van der Waals surface area contributed by atoms with E-state index in [1.807, 2.05) is 13.8 Å². The van der Waals surface area contributed by atoms with Gasteiger partial charge in [-0.05, 0) is 34.0 Å². The fourth-order valence-electron chi connectivity index (χ4n) is 1.78. The van der Waals surface area contributed by atoms with Crippen LogP contribution in [0.15, 0.2) is 21.1 Å². The molecule has 0 aliphatic rings. The van der Waals surface area contributed by atoms with Gasteiger partial charge in [0, 0.05) is 10.0 Å². The van der Waals surface area contributed by atoms with Crippen LogP contribution in [0.3, 0.4) is 0 Å². The van der Waals surface area contributed by atoms with Crippen molar-refractivity contribution in [3.05, 3.63) is 32.5 Å². The van der Waals surface area contributed by atoms with Crippen molar-refractivity contribution in [1.29, 1.82) is 0 Å². The van der Waals surface area contributed by atoms with Crippen LogP contribution in [-0.4, -0.2) is 5.11 Å². The fourth-order valence-corrected chi connectivity index (χ4v) is 2.67. The van der Waals surface area contributed by atoms with E-state index in [-0.39, 0.29) is 11.7 Å². The summed E-state index contributed by atoms with van der Waals surface area (Å²) < 4.78 is 14.9. The molecule has 90 valence electrons. The lowest BCUT2D eigenvalue weighted by atomic mass is 9.91. The van der Waals surface area contributed by atoms with Crippen LogP contribution in [0, 0.1) is 11.7 Å². The van der Waals surface area contributed by atoms with E-state index in [0.29, 0.717) is 14.5 Å². The second-order valence-corrected chi connectivity index (χ2v) is 5.49. The summed E-state index contributed by atoms with van der Waals surface area (Å²) in [6.07, 6.45) is 0.897. The third-order valence-electron chi connectivity index (χ3n) is 2.87. The van der Waals surface area contributed by atoms with Gasteiger partial charge in [0.05, 0.1) is 10.6 Å². The van der Waals surface area contributed by atoms with Gasteiger partial charge in [-0.2, -0.15) is 0 Å². The third-order valence-corrected chi connectivity index (χ3v) is 4.17. The zero-order chi connectivity index (χ0) is 12.3. The average Bonchev–Trinajstić information content (AvgIpc) is 2.26. The van der Waals surface area contributed by atoms with Crippen molar-refractivity contribution >= 4 is 31.9 Å². The summed E-state index contributed by atoms with van der Waals surface area (Å²) in [6, 6.07) is 3.37. The molecule has 1 nitrogen and oxygen atoms in total. The maximum atomic E-state index is 13.9. The minimum Gasteiger partial charge on any atom is -0.388 e. The summed E-state index contributed by atoms with van der Waals surface area (Å²) in [5.41, 5.74) is 0.350. The summed E-state index contributed by atoms with van der Waals surface area (Å²) in [6.45, 7) is 4.00. The molecule has 0 fully saturated rings. The molecule has 1 N–H and O–H groups in total. The molecule has 0 bridgehead atoms. The van der Waals surface area contributed by atoms with Crippen molar-refractivity contribution in [2.45, 2.75) is 32.8 Å². The molecule has 4 heteroatoms. The third kappa shape index (κ3) is 2.84. The number of halogens is 3. The van der Waals surface area contributed by atoms with Crippen LogP contribution >= 0.6 is 31.9 Å². The minimum absolute atomic E-state index is 0.0834. The lowest BCUT2D eigenvalue weighted by Crippen LogP contribution is -2.13. The number of aliphatic hydroxyl groups is 1. The molecule has 0 radical (unpaired) electrons. The van der Waals surface area contributed by atoms with Crippen LogP contribution in [0.5, 0.6) is 0 Å². The van der Waals surface area contributed by atoms with Gasteiger partial charge in [0.15, 0.2) is 0 Å². The number of hydrogen-bond acceptors (Lipinski definition) is 1. The van der Waals surface area contributed by atoms with Gasteiger partial charge in [0.1, 0.15) is 5.82 Å². The molecular formula is C12H15Br2FO. The highest BCUT2D eigenvalue weighted by molar-refractivity contribution is 9.11. The predicted molar refractivity (Wildman–Crippen MR) is 70.8 cm³/mol. The van der Waals surface area contributed by atoms with Crippen LogP contribution in [0.2, 0.25) is 0 Å². The first-order valence-electron chi connectivity index (χ1n) is 5.34. The van der Waals surface area contributed by atoms with E-state index in [1.54, 1.807) is 12.1 Å². The molecule has 0 heterocycles. The highest BCUT2D eigenvalue weighted by Gasteiger charge is 2.24. The molecule has 1 aromatic rings. The first kappa shape index (κ1) is 14.1. The fraction of sp³-hybridized carbons (Fsp3) is 0.500. The van der Waals surface area contributed by atoms with Crippen LogP contribution in [-0.2, 0) is 0 Å². The summed E-state index contributed by atoms with van der Waals surface area (Å²) >= 11 is 6.42. The van der Waals surface area contributed by atoms with Crippen LogP contribution in [0.4, 0.5) is 4.39 Å². The second kappa shape index (κ2) is 6.12. The van der Waals surface area contributed by atoms with E-state index in [9.17, 15) is 9.50 Å². The van der Waals surface area contributed by atoms with Gasteiger partial charge in [0.25, 0.3) is 0 Å². The summed E-state index contributed by atoms with van der Waals surface area (Å²) in [7, 11) is 0. The van der Waals surface area contributed by atoms with E-state index >= 15 is 0 Å². The van der Waals surface area contributed by atoms with E-state index in [0.717, 1.165) is 12.8 Å². The highest BCUT2D eigenvalue weighted by atomic mass is 79.9. The minimum atomic E-state index is -0.762. The van der Waals surface area contributed by atoms with Gasteiger partial charge in [-0.15, -0.1) is 0 Å². The van der Waals surface area contributed by atoms with Gasteiger partial charge in [-0.1, -0.05) is 42.6 Å². The first-order valence-corrected chi connectivity index (χ1v) is 6.92. The van der Waals surface area contributed by atoms with Crippen molar-refractivity contribution in [3.8, 4) is 0 Å². The molecular weight excluding hydrogens is 339 g/mol. The molecule has 0 aliphatic heterocycles. The lowest BCUT2D eigenvalue weighted by Gasteiger charge is -2.22. The number of rotatable bonds is 4. The smallest absolute Gasteiger partial charge is 0.144 e. The summed E-state index contributed by atoms with van der Waals surface area (Å²) in [4.78, 5) is 0. The molecule has 1 unspecified atom stereocenters. The largest absolute Gasteiger partial charge is 0.388 e. The Morgan fingerprint density at radius 1 is 1.19 bits per heavy atom. The quantitative estimate of drug-likeness (QED) is 0.769. The average molecular weight is 354 g/mol. The van der Waals surface area contributed by atoms with Gasteiger partial charge in [-0.25, -0.2) is 4.39 Å². The Kier molecular flexibility index (Phi) is 5.41. The maximum Gasteiger partial charge on any atom is 0.144 e. The van der Waals surface area contributed by atoms with Gasteiger partial charge >= 0.3 is 0 Å². The van der Waals surface area contributed by atoms with Crippen molar-refractivity contribution in [2.75, 3.05) is 0 Å². The van der Waals surface area contributed by atoms with Gasteiger partial charge < -0.3 is 5.11 Å². The van der Waals surface area contributed by atoms with E-state index in [1.165, 1.54) is 0 Å². The molecule has 1 rings (SSSR count). The van der Waals surface area contributed by atoms with Gasteiger partial charge in [0.2, 0.25) is 0 Å². The Morgan fingerprint density at radius 2 is 1.69 bits per heavy atom. The Morgan fingerprint density at radius 3 is 2.19 bits per heavy atom. The Hall–Kier alpha value is 0.0700. The monoisotopic (exact) mass is 352 g/mol. The molecule has 0 saturated heterocycles. The van der Waals surface area contributed by atoms with Crippen LogP contribution < -0.4 is 0 Å². The molecule has 0 spiro atoms. The van der Waals surface area contributed by atoms with Gasteiger partial charge in [-0.3, -0.25) is 0 Å². The summed E-state index contributed by atoms with van der Waals surface area (Å²) in [5, 5.41) is 10.2. The highest BCUT2D eigenvalue weighted by Crippen LogP contribution is 2.36. The predicted octanol–water partition coefficient (Wildman–Crippen LogP) is 4.82. The van der Waals surface area contributed by atoms with Crippen molar-refractivity contribution < 1.29 is 9.50 Å². The Balaban J connectivity index is 3.16. The number of aliphatic hydroxyl groups excluding tert-OH is 1. The van der Waals surface area contributed by atoms with Crippen molar-refractivity contribution in [2.24, 2.45) is 5.92 Å². The molecule has 0 aliphatic carbocycles. The second-order valence-electron chi connectivity index (χ2n) is 3.78. The summed E-state index contributed by atoms with van der Waals surface area (Å²) in [5.74, 6) is -0.297. The van der Waals surface area contributed by atoms with Crippen LogP contribution in [0.1, 0.15) is 38.4 Å². The SMILES string of the molecule is CCC(CC)C(O)c1c(Br)ccc(Br)c1F. The Bertz CT molecular complexity index is 364. The molecule has 1 atom stereocenters. The topological polar surface area (TPSA) is 20.2 Å². The standard InChI is InChI=1S/C12H15Br2FO/c1-3-7(4-2)12(16)10-8(13)5-6-9(14)11(10)15/h5-7,12,16H,3-4H2,1-2H3. The molecule has 0 aromatic heterocycles. The zero-order valence-electron chi connectivity index (χ0n) is 9.30. The molecule has 0 saturated carbocycles. The number of benzene rings is 1. The lowest BCUT2D eigenvalue weighted by molar-refractivity contribution is 0.0987.